The van der Waals surface area contributed by atoms with Crippen LogP contribution in [-0.2, 0) is 0 Å². The molecule has 134 valence electrons. The second-order valence-electron chi connectivity index (χ2n) is 5.99. The van der Waals surface area contributed by atoms with E-state index in [0.717, 1.165) is 16.5 Å². The highest BCUT2D eigenvalue weighted by molar-refractivity contribution is 6.06. The molecule has 2 amide bonds. The molecule has 26 heavy (non-hydrogen) atoms. The van der Waals surface area contributed by atoms with Gasteiger partial charge in [0.1, 0.15) is 5.58 Å². The highest BCUT2D eigenvalue weighted by Gasteiger charge is 2.17. The maximum Gasteiger partial charge on any atom is 0.362 e. The first kappa shape index (κ1) is 17.5. The van der Waals surface area contributed by atoms with Crippen LogP contribution in [0.25, 0.3) is 11.0 Å². The minimum absolute atomic E-state index is 0.0911. The number of carbonyl (C=O) groups is 1. The molecule has 0 fully saturated rings. The van der Waals surface area contributed by atoms with Crippen molar-refractivity contribution >= 4 is 34.1 Å². The van der Waals surface area contributed by atoms with E-state index in [-0.39, 0.29) is 5.69 Å². The van der Waals surface area contributed by atoms with Gasteiger partial charge in [0.05, 0.1) is 5.69 Å². The highest BCUT2D eigenvalue weighted by atomic mass is 16.4. The Hall–Kier alpha value is -3.28. The van der Waals surface area contributed by atoms with Crippen LogP contribution in [0.5, 0.6) is 0 Å². The van der Waals surface area contributed by atoms with E-state index in [9.17, 15) is 9.59 Å². The standard InChI is InChI=1S/C20H21N3O3/c1-4-21-17-14-9-5-6-11-16(14)26-19(24)18(17)23-20(25)22-15-10-7-8-12(2)13(15)3/h5-11,21H,4H2,1-3H3,(H2,22,23,25). The van der Waals surface area contributed by atoms with Crippen molar-refractivity contribution in [3.05, 3.63) is 64.0 Å². The van der Waals surface area contributed by atoms with Crippen molar-refractivity contribution < 1.29 is 9.21 Å². The number of benzene rings is 2. The van der Waals surface area contributed by atoms with Gasteiger partial charge in [-0.3, -0.25) is 5.32 Å². The quantitative estimate of drug-likeness (QED) is 0.605. The normalized spacial score (nSPS) is 10.6. The monoisotopic (exact) mass is 351 g/mol. The van der Waals surface area contributed by atoms with E-state index in [1.165, 1.54) is 0 Å². The lowest BCUT2D eigenvalue weighted by molar-refractivity contribution is 0.262. The number of nitrogens with one attached hydrogen (secondary N) is 3. The third kappa shape index (κ3) is 3.39. The van der Waals surface area contributed by atoms with E-state index in [0.29, 0.717) is 23.5 Å². The van der Waals surface area contributed by atoms with E-state index in [1.807, 2.05) is 51.1 Å². The summed E-state index contributed by atoms with van der Waals surface area (Å²) in [6.07, 6.45) is 0. The maximum absolute atomic E-state index is 12.5. The molecule has 0 aliphatic rings. The molecule has 0 aliphatic carbocycles. The summed E-state index contributed by atoms with van der Waals surface area (Å²) in [5, 5.41) is 9.30. The van der Waals surface area contributed by atoms with E-state index in [2.05, 4.69) is 16.0 Å². The first-order valence-electron chi connectivity index (χ1n) is 8.45. The summed E-state index contributed by atoms with van der Waals surface area (Å²) in [4.78, 5) is 24.8. The largest absolute Gasteiger partial charge is 0.421 e. The van der Waals surface area contributed by atoms with Crippen molar-refractivity contribution in [3.63, 3.8) is 0 Å². The molecular formula is C20H21N3O3. The summed E-state index contributed by atoms with van der Waals surface area (Å²) < 4.78 is 5.34. The number of hydrogen-bond acceptors (Lipinski definition) is 4. The van der Waals surface area contributed by atoms with Gasteiger partial charge < -0.3 is 15.1 Å². The lowest BCUT2D eigenvalue weighted by atomic mass is 10.1. The highest BCUT2D eigenvalue weighted by Crippen LogP contribution is 2.28. The van der Waals surface area contributed by atoms with Gasteiger partial charge in [0.15, 0.2) is 5.69 Å². The third-order valence-electron chi connectivity index (χ3n) is 4.26. The van der Waals surface area contributed by atoms with E-state index in [4.69, 9.17) is 4.42 Å². The van der Waals surface area contributed by atoms with Crippen molar-refractivity contribution in [2.75, 3.05) is 22.5 Å². The lowest BCUT2D eigenvalue weighted by Crippen LogP contribution is -2.25. The summed E-state index contributed by atoms with van der Waals surface area (Å²) in [6, 6.07) is 12.4. The summed E-state index contributed by atoms with van der Waals surface area (Å²) in [5.74, 6) is 0. The molecule has 2 aromatic carbocycles. The number of para-hydroxylation sites is 1. The van der Waals surface area contributed by atoms with Gasteiger partial charge in [-0.05, 0) is 50.1 Å². The van der Waals surface area contributed by atoms with Crippen LogP contribution in [-0.4, -0.2) is 12.6 Å². The molecule has 3 N–H and O–H groups in total. The zero-order chi connectivity index (χ0) is 18.7. The zero-order valence-corrected chi connectivity index (χ0v) is 15.0. The van der Waals surface area contributed by atoms with Gasteiger partial charge in [-0.1, -0.05) is 24.3 Å². The van der Waals surface area contributed by atoms with Crippen LogP contribution in [0.2, 0.25) is 0 Å². The minimum Gasteiger partial charge on any atom is -0.421 e. The summed E-state index contributed by atoms with van der Waals surface area (Å²) in [5.41, 5.74) is 3.24. The molecule has 0 spiro atoms. The summed E-state index contributed by atoms with van der Waals surface area (Å²) in [6.45, 7) is 6.42. The smallest absolute Gasteiger partial charge is 0.362 e. The van der Waals surface area contributed by atoms with Crippen LogP contribution in [0.3, 0.4) is 0 Å². The molecule has 3 rings (SSSR count). The van der Waals surface area contributed by atoms with Crippen LogP contribution in [0.15, 0.2) is 51.7 Å². The molecular weight excluding hydrogens is 330 g/mol. The van der Waals surface area contributed by atoms with Crippen LogP contribution >= 0.6 is 0 Å². The number of amides is 2. The van der Waals surface area contributed by atoms with Gasteiger partial charge >= 0.3 is 11.7 Å². The average Bonchev–Trinajstić information content (AvgIpc) is 2.62. The Labute approximate surface area is 151 Å². The van der Waals surface area contributed by atoms with E-state index in [1.54, 1.807) is 12.1 Å². The Kier molecular flexibility index (Phi) is 4.93. The predicted octanol–water partition coefficient (Wildman–Crippen LogP) is 4.49. The number of fused-ring (bicyclic) bond motifs is 1. The van der Waals surface area contributed by atoms with Gasteiger partial charge in [-0.15, -0.1) is 0 Å². The number of aryl methyl sites for hydroxylation is 1. The number of hydrogen-bond donors (Lipinski definition) is 3. The van der Waals surface area contributed by atoms with Gasteiger partial charge in [-0.25, -0.2) is 9.59 Å². The number of urea groups is 1. The molecule has 0 aliphatic heterocycles. The lowest BCUT2D eigenvalue weighted by Gasteiger charge is -2.15. The molecule has 3 aromatic rings. The molecule has 0 bridgehead atoms. The fourth-order valence-electron chi connectivity index (χ4n) is 2.78. The van der Waals surface area contributed by atoms with Crippen molar-refractivity contribution in [2.24, 2.45) is 0 Å². The molecule has 0 saturated heterocycles. The van der Waals surface area contributed by atoms with Crippen LogP contribution in [0, 0.1) is 13.8 Å². The Balaban J connectivity index is 1.96. The van der Waals surface area contributed by atoms with Crippen molar-refractivity contribution in [1.82, 2.24) is 0 Å². The molecule has 1 aromatic heterocycles. The average molecular weight is 351 g/mol. The van der Waals surface area contributed by atoms with Gasteiger partial charge in [0.25, 0.3) is 0 Å². The van der Waals surface area contributed by atoms with E-state index < -0.39 is 11.7 Å². The Morgan fingerprint density at radius 1 is 1.00 bits per heavy atom. The maximum atomic E-state index is 12.5. The molecule has 6 heteroatoms. The molecule has 0 saturated carbocycles. The number of rotatable bonds is 4. The first-order valence-corrected chi connectivity index (χ1v) is 8.45. The van der Waals surface area contributed by atoms with Crippen LogP contribution in [0.4, 0.5) is 21.9 Å². The Morgan fingerprint density at radius 3 is 2.54 bits per heavy atom. The summed E-state index contributed by atoms with van der Waals surface area (Å²) >= 11 is 0. The predicted molar refractivity (Wildman–Crippen MR) is 105 cm³/mol. The summed E-state index contributed by atoms with van der Waals surface area (Å²) in [7, 11) is 0. The number of carbonyl (C=O) groups excluding carboxylic acids is 1. The zero-order valence-electron chi connectivity index (χ0n) is 15.0. The van der Waals surface area contributed by atoms with Crippen molar-refractivity contribution in [2.45, 2.75) is 20.8 Å². The van der Waals surface area contributed by atoms with Crippen LogP contribution < -0.4 is 21.6 Å². The molecule has 0 unspecified atom stereocenters. The molecule has 0 atom stereocenters. The van der Waals surface area contributed by atoms with E-state index >= 15 is 0 Å². The van der Waals surface area contributed by atoms with Crippen molar-refractivity contribution in [3.8, 4) is 0 Å². The van der Waals surface area contributed by atoms with Gasteiger partial charge in [-0.2, -0.15) is 0 Å². The Morgan fingerprint density at radius 2 is 1.77 bits per heavy atom. The van der Waals surface area contributed by atoms with Crippen LogP contribution in [0.1, 0.15) is 18.1 Å². The third-order valence-corrected chi connectivity index (χ3v) is 4.26. The van der Waals surface area contributed by atoms with Crippen molar-refractivity contribution in [1.29, 1.82) is 0 Å². The van der Waals surface area contributed by atoms with Gasteiger partial charge in [0.2, 0.25) is 0 Å². The molecule has 0 radical (unpaired) electrons. The minimum atomic E-state index is -0.601. The number of anilines is 3. The van der Waals surface area contributed by atoms with Gasteiger partial charge in [0, 0.05) is 17.6 Å². The first-order chi connectivity index (χ1) is 12.5. The fourth-order valence-corrected chi connectivity index (χ4v) is 2.78. The molecule has 6 nitrogen and oxygen atoms in total. The topological polar surface area (TPSA) is 83.4 Å². The Bertz CT molecular complexity index is 1020. The molecule has 1 heterocycles. The fraction of sp³-hybridized carbons (Fsp3) is 0.200. The SMILES string of the molecule is CCNc1c(NC(=O)Nc2cccc(C)c2C)c(=O)oc2ccccc12. The second kappa shape index (κ2) is 7.31. The second-order valence-corrected chi connectivity index (χ2v) is 5.99.